The van der Waals surface area contributed by atoms with Gasteiger partial charge >= 0.3 is 0 Å². The highest BCUT2D eigenvalue weighted by Crippen LogP contribution is 2.31. The lowest BCUT2D eigenvalue weighted by molar-refractivity contribution is 0.0653. The lowest BCUT2D eigenvalue weighted by Gasteiger charge is -2.34. The average molecular weight is 392 g/mol. The van der Waals surface area contributed by atoms with Gasteiger partial charge in [0.15, 0.2) is 0 Å². The maximum atomic E-state index is 13.2. The van der Waals surface area contributed by atoms with Crippen LogP contribution in [0.25, 0.3) is 11.1 Å². The number of likely N-dealkylation sites (tertiary alicyclic amines) is 1. The number of rotatable bonds is 4. The van der Waals surface area contributed by atoms with Gasteiger partial charge in [-0.1, -0.05) is 6.07 Å². The zero-order chi connectivity index (χ0) is 19.6. The molecule has 1 aromatic carbocycles. The van der Waals surface area contributed by atoms with Crippen LogP contribution < -0.4 is 4.74 Å². The maximum Gasteiger partial charge on any atom is 0.255 e. The van der Waals surface area contributed by atoms with Crippen LogP contribution in [0.15, 0.2) is 36.7 Å². The number of hydrogen-bond donors (Lipinski definition) is 0. The van der Waals surface area contributed by atoms with Crippen LogP contribution in [0.2, 0.25) is 0 Å². The number of carbonyl (C=O) groups is 1. The number of fused-ring (bicyclic) bond motifs is 1. The second kappa shape index (κ2) is 8.15. The fourth-order valence-corrected chi connectivity index (χ4v) is 4.95. The molecule has 2 fully saturated rings. The van der Waals surface area contributed by atoms with E-state index in [1.807, 2.05) is 23.2 Å². The zero-order valence-corrected chi connectivity index (χ0v) is 16.8. The Kier molecular flexibility index (Phi) is 5.23. The Morgan fingerprint density at radius 1 is 1.10 bits per heavy atom. The van der Waals surface area contributed by atoms with Crippen LogP contribution in [0.1, 0.15) is 41.6 Å². The van der Waals surface area contributed by atoms with E-state index in [0.29, 0.717) is 17.4 Å². The summed E-state index contributed by atoms with van der Waals surface area (Å²) >= 11 is 0. The SMILES string of the molecule is O=C(c1cncc(-c2ccc3c(c2)CCO3)c1)N1CCCC(CC2CCOC2)C1. The molecule has 0 radical (unpaired) electrons. The highest BCUT2D eigenvalue weighted by molar-refractivity contribution is 5.95. The van der Waals surface area contributed by atoms with Gasteiger partial charge in [0.25, 0.3) is 5.91 Å². The van der Waals surface area contributed by atoms with E-state index in [2.05, 4.69) is 17.1 Å². The Balaban J connectivity index is 1.30. The summed E-state index contributed by atoms with van der Waals surface area (Å²) in [6.07, 6.45) is 9.14. The summed E-state index contributed by atoms with van der Waals surface area (Å²) in [5, 5.41) is 0. The van der Waals surface area contributed by atoms with Crippen molar-refractivity contribution in [3.8, 4) is 16.9 Å². The van der Waals surface area contributed by atoms with Gasteiger partial charge in [-0.05, 0) is 66.8 Å². The summed E-state index contributed by atoms with van der Waals surface area (Å²) in [6, 6.07) is 8.22. The van der Waals surface area contributed by atoms with Gasteiger partial charge in [0.1, 0.15) is 5.75 Å². The second-order valence-corrected chi connectivity index (χ2v) is 8.61. The molecular formula is C24H28N2O3. The van der Waals surface area contributed by atoms with Crippen molar-refractivity contribution in [3.63, 3.8) is 0 Å². The van der Waals surface area contributed by atoms with E-state index in [0.717, 1.165) is 62.6 Å². The first-order chi connectivity index (χ1) is 14.3. The molecule has 2 aromatic rings. The molecule has 2 unspecified atom stereocenters. The first-order valence-electron chi connectivity index (χ1n) is 10.8. The molecule has 5 rings (SSSR count). The summed E-state index contributed by atoms with van der Waals surface area (Å²) in [5.74, 6) is 2.34. The van der Waals surface area contributed by atoms with Gasteiger partial charge in [-0.3, -0.25) is 9.78 Å². The Bertz CT molecular complexity index is 891. The number of hydrogen-bond acceptors (Lipinski definition) is 4. The van der Waals surface area contributed by atoms with Crippen LogP contribution in [-0.2, 0) is 11.2 Å². The standard InChI is InChI=1S/C24H28N2O3/c27-24(26-7-1-2-17(15-26)10-18-5-8-28-16-18)22-12-21(13-25-14-22)19-3-4-23-20(11-19)6-9-29-23/h3-4,11-14,17-18H,1-2,5-10,15-16H2. The second-order valence-electron chi connectivity index (χ2n) is 8.61. The minimum absolute atomic E-state index is 0.108. The van der Waals surface area contributed by atoms with Crippen molar-refractivity contribution in [2.24, 2.45) is 11.8 Å². The number of piperidine rings is 1. The van der Waals surface area contributed by atoms with Gasteiger partial charge in [-0.15, -0.1) is 0 Å². The molecule has 152 valence electrons. The molecule has 5 nitrogen and oxygen atoms in total. The van der Waals surface area contributed by atoms with Gasteiger partial charge < -0.3 is 14.4 Å². The van der Waals surface area contributed by atoms with Crippen molar-refractivity contribution < 1.29 is 14.3 Å². The predicted molar refractivity (Wildman–Crippen MR) is 111 cm³/mol. The topological polar surface area (TPSA) is 51.7 Å². The maximum absolute atomic E-state index is 13.2. The van der Waals surface area contributed by atoms with Crippen LogP contribution in [0, 0.1) is 11.8 Å². The lowest BCUT2D eigenvalue weighted by atomic mass is 9.87. The minimum atomic E-state index is 0.108. The number of carbonyl (C=O) groups excluding carboxylic acids is 1. The first-order valence-corrected chi connectivity index (χ1v) is 10.8. The number of ether oxygens (including phenoxy) is 2. The van der Waals surface area contributed by atoms with Crippen molar-refractivity contribution in [2.45, 2.75) is 32.1 Å². The lowest BCUT2D eigenvalue weighted by Crippen LogP contribution is -2.40. The van der Waals surface area contributed by atoms with Gasteiger partial charge in [0.2, 0.25) is 0 Å². The fourth-order valence-electron chi connectivity index (χ4n) is 4.95. The molecule has 1 aromatic heterocycles. The van der Waals surface area contributed by atoms with Gasteiger partial charge in [0, 0.05) is 50.7 Å². The molecule has 0 N–H and O–H groups in total. The third-order valence-electron chi connectivity index (χ3n) is 6.50. The van der Waals surface area contributed by atoms with E-state index in [9.17, 15) is 4.79 Å². The summed E-state index contributed by atoms with van der Waals surface area (Å²) in [7, 11) is 0. The van der Waals surface area contributed by atoms with Gasteiger partial charge in [0.05, 0.1) is 12.2 Å². The Morgan fingerprint density at radius 3 is 2.97 bits per heavy atom. The van der Waals surface area contributed by atoms with E-state index < -0.39 is 0 Å². The summed E-state index contributed by atoms with van der Waals surface area (Å²) in [6.45, 7) is 4.24. The van der Waals surface area contributed by atoms with Crippen molar-refractivity contribution in [2.75, 3.05) is 32.9 Å². The van der Waals surface area contributed by atoms with Crippen LogP contribution >= 0.6 is 0 Å². The van der Waals surface area contributed by atoms with E-state index in [-0.39, 0.29) is 5.91 Å². The summed E-state index contributed by atoms with van der Waals surface area (Å²) < 4.78 is 11.1. The molecule has 5 heteroatoms. The van der Waals surface area contributed by atoms with Crippen LogP contribution in [0.3, 0.4) is 0 Å². The molecule has 0 spiro atoms. The summed E-state index contributed by atoms with van der Waals surface area (Å²) in [5.41, 5.74) is 3.99. The minimum Gasteiger partial charge on any atom is -0.493 e. The molecule has 2 atom stereocenters. The molecule has 0 saturated carbocycles. The normalized spacial score (nSPS) is 23.7. The molecule has 0 bridgehead atoms. The largest absolute Gasteiger partial charge is 0.493 e. The zero-order valence-electron chi connectivity index (χ0n) is 16.8. The highest BCUT2D eigenvalue weighted by atomic mass is 16.5. The van der Waals surface area contributed by atoms with E-state index in [1.165, 1.54) is 24.8 Å². The molecule has 0 aliphatic carbocycles. The molecule has 29 heavy (non-hydrogen) atoms. The monoisotopic (exact) mass is 392 g/mol. The smallest absolute Gasteiger partial charge is 0.255 e. The van der Waals surface area contributed by atoms with E-state index in [4.69, 9.17) is 9.47 Å². The van der Waals surface area contributed by atoms with E-state index in [1.54, 1.807) is 6.20 Å². The van der Waals surface area contributed by atoms with Crippen LogP contribution in [-0.4, -0.2) is 48.7 Å². The van der Waals surface area contributed by atoms with Gasteiger partial charge in [-0.2, -0.15) is 0 Å². The average Bonchev–Trinajstić information content (AvgIpc) is 3.45. The number of pyridine rings is 1. The fraction of sp³-hybridized carbons (Fsp3) is 0.500. The van der Waals surface area contributed by atoms with Crippen LogP contribution in [0.4, 0.5) is 0 Å². The molecule has 4 heterocycles. The third-order valence-corrected chi connectivity index (χ3v) is 6.50. The van der Waals surface area contributed by atoms with E-state index >= 15 is 0 Å². The molecule has 1 amide bonds. The number of benzene rings is 1. The molecular weight excluding hydrogens is 364 g/mol. The Hall–Kier alpha value is -2.40. The molecule has 2 saturated heterocycles. The quantitative estimate of drug-likeness (QED) is 0.790. The third kappa shape index (κ3) is 4.01. The Morgan fingerprint density at radius 2 is 2.07 bits per heavy atom. The van der Waals surface area contributed by atoms with Crippen LogP contribution in [0.5, 0.6) is 5.75 Å². The van der Waals surface area contributed by atoms with Crippen molar-refractivity contribution in [1.29, 1.82) is 0 Å². The number of amides is 1. The van der Waals surface area contributed by atoms with Crippen molar-refractivity contribution >= 4 is 5.91 Å². The van der Waals surface area contributed by atoms with Gasteiger partial charge in [-0.25, -0.2) is 0 Å². The predicted octanol–water partition coefficient (Wildman–Crippen LogP) is 3.96. The molecule has 3 aliphatic rings. The number of nitrogens with zero attached hydrogens (tertiary/aromatic N) is 2. The summed E-state index contributed by atoms with van der Waals surface area (Å²) in [4.78, 5) is 19.6. The Labute approximate surface area is 172 Å². The van der Waals surface area contributed by atoms with Crippen molar-refractivity contribution in [1.82, 2.24) is 9.88 Å². The molecule has 3 aliphatic heterocycles. The number of aromatic nitrogens is 1. The first kappa shape index (κ1) is 18.6. The van der Waals surface area contributed by atoms with Crippen molar-refractivity contribution in [3.05, 3.63) is 47.8 Å². The highest BCUT2D eigenvalue weighted by Gasteiger charge is 2.28.